The molecule has 0 bridgehead atoms. The molecule has 3 rings (SSSR count). The predicted molar refractivity (Wildman–Crippen MR) is 123 cm³/mol. The van der Waals surface area contributed by atoms with Gasteiger partial charge in [0.05, 0.1) is 19.1 Å². The molecule has 1 aliphatic rings. The topological polar surface area (TPSA) is 51.2 Å². The van der Waals surface area contributed by atoms with E-state index in [2.05, 4.69) is 4.90 Å². The molecule has 1 fully saturated rings. The summed E-state index contributed by atoms with van der Waals surface area (Å²) in [6.45, 7) is 8.58. The van der Waals surface area contributed by atoms with E-state index in [1.54, 1.807) is 0 Å². The highest BCUT2D eigenvalue weighted by Crippen LogP contribution is 2.28. The Bertz CT molecular complexity index is 859. The number of hydrogen-bond acceptors (Lipinski definition) is 6. The third-order valence-corrected chi connectivity index (χ3v) is 5.02. The summed E-state index contributed by atoms with van der Waals surface area (Å²) in [5.74, 6) is 1.44. The molecule has 0 aliphatic carbocycles. The summed E-state index contributed by atoms with van der Waals surface area (Å²) in [6, 6.07) is 16.0. The Kier molecular flexibility index (Phi) is 7.57. The molecule has 6 heteroatoms. The first-order valence-electron chi connectivity index (χ1n) is 10.8. The number of esters is 1. The number of anilines is 1. The molecule has 2 aromatic rings. The molecule has 1 saturated heterocycles. The van der Waals surface area contributed by atoms with Crippen molar-refractivity contribution in [2.24, 2.45) is 0 Å². The largest absolute Gasteiger partial charge is 0.460 e. The second-order valence-corrected chi connectivity index (χ2v) is 9.06. The minimum atomic E-state index is -0.442. The fourth-order valence-corrected chi connectivity index (χ4v) is 3.46. The van der Waals surface area contributed by atoms with Crippen LogP contribution in [-0.2, 0) is 14.3 Å². The first-order valence-corrected chi connectivity index (χ1v) is 10.8. The number of hydrogen-bond donors (Lipinski definition) is 0. The van der Waals surface area contributed by atoms with Crippen LogP contribution < -0.4 is 9.64 Å². The maximum Gasteiger partial charge on any atom is 0.307 e. The molecule has 0 saturated carbocycles. The van der Waals surface area contributed by atoms with Crippen LogP contribution in [0.5, 0.6) is 11.5 Å². The second-order valence-electron chi connectivity index (χ2n) is 9.06. The van der Waals surface area contributed by atoms with Gasteiger partial charge < -0.3 is 19.1 Å². The highest BCUT2D eigenvalue weighted by atomic mass is 16.6. The van der Waals surface area contributed by atoms with Crippen LogP contribution in [0, 0.1) is 0 Å². The predicted octanol–water partition coefficient (Wildman–Crippen LogP) is 4.65. The standard InChI is InChI=1S/C25H34N2O4/c1-25(2,3)31-24(28)13-14-27-15-16-29-23(18-27)19-9-11-21(12-10-19)30-22-8-6-7-20(17-22)26(4)5/h6-12,17,23H,13-16,18H2,1-5H3. The van der Waals surface area contributed by atoms with Crippen molar-refractivity contribution in [3.8, 4) is 11.5 Å². The van der Waals surface area contributed by atoms with E-state index in [4.69, 9.17) is 14.2 Å². The van der Waals surface area contributed by atoms with Gasteiger partial charge >= 0.3 is 5.97 Å². The van der Waals surface area contributed by atoms with Crippen molar-refractivity contribution >= 4 is 11.7 Å². The lowest BCUT2D eigenvalue weighted by molar-refractivity contribution is -0.155. The molecule has 0 amide bonds. The van der Waals surface area contributed by atoms with Crippen molar-refractivity contribution in [1.82, 2.24) is 4.90 Å². The van der Waals surface area contributed by atoms with Crippen molar-refractivity contribution in [3.05, 3.63) is 54.1 Å². The van der Waals surface area contributed by atoms with Crippen molar-refractivity contribution in [2.45, 2.75) is 38.9 Å². The van der Waals surface area contributed by atoms with Crippen LogP contribution in [0.15, 0.2) is 48.5 Å². The number of morpholine rings is 1. The zero-order valence-electron chi connectivity index (χ0n) is 19.3. The molecule has 1 unspecified atom stereocenters. The summed E-state index contributed by atoms with van der Waals surface area (Å²) in [5, 5.41) is 0. The van der Waals surface area contributed by atoms with E-state index in [-0.39, 0.29) is 12.1 Å². The Morgan fingerprint density at radius 3 is 2.55 bits per heavy atom. The van der Waals surface area contributed by atoms with Gasteiger partial charge in [0.1, 0.15) is 17.1 Å². The zero-order valence-corrected chi connectivity index (χ0v) is 19.3. The minimum absolute atomic E-state index is 0.0153. The van der Waals surface area contributed by atoms with E-state index >= 15 is 0 Å². The molecule has 6 nitrogen and oxygen atoms in total. The van der Waals surface area contributed by atoms with E-state index in [0.717, 1.165) is 35.8 Å². The lowest BCUT2D eigenvalue weighted by atomic mass is 10.1. The number of carbonyl (C=O) groups excluding carboxylic acids is 1. The average molecular weight is 427 g/mol. The third-order valence-electron chi connectivity index (χ3n) is 5.02. The Hall–Kier alpha value is -2.57. The lowest BCUT2D eigenvalue weighted by Crippen LogP contribution is -2.39. The van der Waals surface area contributed by atoms with Crippen LogP contribution in [0.25, 0.3) is 0 Å². The van der Waals surface area contributed by atoms with E-state index in [1.807, 2.05) is 88.3 Å². The SMILES string of the molecule is CN(C)c1cccc(Oc2ccc(C3CN(CCC(=O)OC(C)(C)C)CCO3)cc2)c1. The van der Waals surface area contributed by atoms with E-state index in [1.165, 1.54) is 0 Å². The first-order chi connectivity index (χ1) is 14.7. The summed E-state index contributed by atoms with van der Waals surface area (Å²) >= 11 is 0. The average Bonchev–Trinajstić information content (AvgIpc) is 2.72. The van der Waals surface area contributed by atoms with Gasteiger partial charge in [-0.05, 0) is 50.6 Å². The van der Waals surface area contributed by atoms with Crippen molar-refractivity contribution in [2.75, 3.05) is 45.2 Å². The first kappa shape index (κ1) is 23.1. The number of rotatable bonds is 7. The van der Waals surface area contributed by atoms with Crippen LogP contribution in [0.1, 0.15) is 38.9 Å². The molecule has 0 radical (unpaired) electrons. The number of carbonyl (C=O) groups is 1. The van der Waals surface area contributed by atoms with Gasteiger partial charge in [0.2, 0.25) is 0 Å². The fourth-order valence-electron chi connectivity index (χ4n) is 3.46. The molecule has 1 aliphatic heterocycles. The van der Waals surface area contributed by atoms with Gasteiger partial charge in [0, 0.05) is 45.5 Å². The molecule has 168 valence electrons. The highest BCUT2D eigenvalue weighted by molar-refractivity contribution is 5.70. The molecule has 0 spiro atoms. The van der Waals surface area contributed by atoms with Crippen LogP contribution in [0.4, 0.5) is 5.69 Å². The smallest absolute Gasteiger partial charge is 0.307 e. The minimum Gasteiger partial charge on any atom is -0.460 e. The van der Waals surface area contributed by atoms with Gasteiger partial charge in [0.15, 0.2) is 0 Å². The highest BCUT2D eigenvalue weighted by Gasteiger charge is 2.23. The van der Waals surface area contributed by atoms with E-state index < -0.39 is 5.60 Å². The number of benzene rings is 2. The van der Waals surface area contributed by atoms with Gasteiger partial charge in [-0.25, -0.2) is 0 Å². The van der Waals surface area contributed by atoms with Gasteiger partial charge in [-0.3, -0.25) is 9.69 Å². The number of nitrogens with zero attached hydrogens (tertiary/aromatic N) is 2. The molecule has 0 aromatic heterocycles. The lowest BCUT2D eigenvalue weighted by Gasteiger charge is -2.33. The second kappa shape index (κ2) is 10.2. The molecule has 1 heterocycles. The summed E-state index contributed by atoms with van der Waals surface area (Å²) < 4.78 is 17.4. The Morgan fingerprint density at radius 2 is 1.87 bits per heavy atom. The van der Waals surface area contributed by atoms with Gasteiger partial charge in [-0.15, -0.1) is 0 Å². The van der Waals surface area contributed by atoms with E-state index in [9.17, 15) is 4.79 Å². The molecule has 1 atom stereocenters. The van der Waals surface area contributed by atoms with Crippen LogP contribution >= 0.6 is 0 Å². The molecular formula is C25H34N2O4. The number of ether oxygens (including phenoxy) is 3. The van der Waals surface area contributed by atoms with Gasteiger partial charge in [-0.1, -0.05) is 18.2 Å². The van der Waals surface area contributed by atoms with Crippen LogP contribution in [-0.4, -0.2) is 56.8 Å². The Morgan fingerprint density at radius 1 is 1.13 bits per heavy atom. The zero-order chi connectivity index (χ0) is 22.4. The molecule has 0 N–H and O–H groups in total. The monoisotopic (exact) mass is 426 g/mol. The fraction of sp³-hybridized carbons (Fsp3) is 0.480. The quantitative estimate of drug-likeness (QED) is 0.601. The summed E-state index contributed by atoms with van der Waals surface area (Å²) in [4.78, 5) is 16.3. The van der Waals surface area contributed by atoms with Gasteiger partial charge in [-0.2, -0.15) is 0 Å². The normalized spacial score (nSPS) is 17.3. The van der Waals surface area contributed by atoms with E-state index in [0.29, 0.717) is 19.6 Å². The maximum atomic E-state index is 12.0. The van der Waals surface area contributed by atoms with Crippen molar-refractivity contribution < 1.29 is 19.0 Å². The van der Waals surface area contributed by atoms with Gasteiger partial charge in [0.25, 0.3) is 0 Å². The Balaban J connectivity index is 1.54. The van der Waals surface area contributed by atoms with Crippen LogP contribution in [0.3, 0.4) is 0 Å². The third kappa shape index (κ3) is 7.26. The molecular weight excluding hydrogens is 392 g/mol. The van der Waals surface area contributed by atoms with Crippen molar-refractivity contribution in [3.63, 3.8) is 0 Å². The van der Waals surface area contributed by atoms with Crippen LogP contribution in [0.2, 0.25) is 0 Å². The maximum absolute atomic E-state index is 12.0. The summed E-state index contributed by atoms with van der Waals surface area (Å²) in [5.41, 5.74) is 1.76. The summed E-state index contributed by atoms with van der Waals surface area (Å²) in [7, 11) is 4.02. The Labute approximate surface area is 185 Å². The summed E-state index contributed by atoms with van der Waals surface area (Å²) in [6.07, 6.45) is 0.376. The van der Waals surface area contributed by atoms with Crippen molar-refractivity contribution in [1.29, 1.82) is 0 Å². The molecule has 2 aromatic carbocycles. The molecule has 31 heavy (non-hydrogen) atoms.